The summed E-state index contributed by atoms with van der Waals surface area (Å²) in [6, 6.07) is 4.66. The standard InChI is InChI=1S/C9H13NO3/c1-2-13-9(12)6-4-3-5-7(11)8(6)10/h3-5,9,11-12H,2,10H2,1H3. The summed E-state index contributed by atoms with van der Waals surface area (Å²) in [5.41, 5.74) is 6.07. The molecule has 0 spiro atoms. The quantitative estimate of drug-likeness (QED) is 0.371. The molecular formula is C9H13NO3. The number of hydrogen-bond acceptors (Lipinski definition) is 4. The number of rotatable bonds is 3. The lowest BCUT2D eigenvalue weighted by atomic mass is 10.1. The Morgan fingerprint density at radius 1 is 1.54 bits per heavy atom. The van der Waals surface area contributed by atoms with Crippen molar-refractivity contribution in [1.82, 2.24) is 0 Å². The molecule has 0 aromatic heterocycles. The highest BCUT2D eigenvalue weighted by molar-refractivity contribution is 5.57. The molecule has 0 bridgehead atoms. The maximum absolute atomic E-state index is 9.41. The fraction of sp³-hybridized carbons (Fsp3) is 0.333. The number of benzene rings is 1. The molecule has 0 saturated heterocycles. The van der Waals surface area contributed by atoms with E-state index in [-0.39, 0.29) is 11.4 Å². The second-order valence-corrected chi connectivity index (χ2v) is 2.59. The van der Waals surface area contributed by atoms with Crippen LogP contribution in [0.4, 0.5) is 5.69 Å². The Labute approximate surface area is 76.6 Å². The molecule has 4 nitrogen and oxygen atoms in total. The van der Waals surface area contributed by atoms with E-state index in [0.29, 0.717) is 12.2 Å². The summed E-state index contributed by atoms with van der Waals surface area (Å²) in [4.78, 5) is 0. The second-order valence-electron chi connectivity index (χ2n) is 2.59. The third-order valence-electron chi connectivity index (χ3n) is 1.71. The van der Waals surface area contributed by atoms with E-state index in [9.17, 15) is 10.2 Å². The summed E-state index contributed by atoms with van der Waals surface area (Å²) >= 11 is 0. The van der Waals surface area contributed by atoms with E-state index in [2.05, 4.69) is 0 Å². The van der Waals surface area contributed by atoms with Gasteiger partial charge in [-0.3, -0.25) is 0 Å². The van der Waals surface area contributed by atoms with Crippen LogP contribution in [0.2, 0.25) is 0 Å². The first-order valence-corrected chi connectivity index (χ1v) is 4.03. The van der Waals surface area contributed by atoms with Gasteiger partial charge in [-0.05, 0) is 13.0 Å². The average molecular weight is 183 g/mol. The number of anilines is 1. The van der Waals surface area contributed by atoms with Crippen LogP contribution in [0, 0.1) is 0 Å². The lowest BCUT2D eigenvalue weighted by Gasteiger charge is -2.13. The number of ether oxygens (including phenoxy) is 1. The molecule has 1 aromatic rings. The van der Waals surface area contributed by atoms with Crippen molar-refractivity contribution in [3.63, 3.8) is 0 Å². The molecule has 1 aromatic carbocycles. The fourth-order valence-corrected chi connectivity index (χ4v) is 1.03. The van der Waals surface area contributed by atoms with Gasteiger partial charge in [0.2, 0.25) is 0 Å². The Hall–Kier alpha value is -1.26. The molecule has 0 aliphatic rings. The molecule has 0 saturated carbocycles. The van der Waals surface area contributed by atoms with Gasteiger partial charge in [0.05, 0.1) is 5.69 Å². The van der Waals surface area contributed by atoms with Gasteiger partial charge in [0.15, 0.2) is 6.29 Å². The highest BCUT2D eigenvalue weighted by Gasteiger charge is 2.12. The topological polar surface area (TPSA) is 75.7 Å². The molecule has 13 heavy (non-hydrogen) atoms. The third kappa shape index (κ3) is 2.11. The number of aliphatic hydroxyl groups excluding tert-OH is 1. The number of aliphatic hydroxyl groups is 1. The van der Waals surface area contributed by atoms with Gasteiger partial charge in [0.1, 0.15) is 5.75 Å². The van der Waals surface area contributed by atoms with Gasteiger partial charge in [0.25, 0.3) is 0 Å². The molecule has 0 aliphatic heterocycles. The van der Waals surface area contributed by atoms with Crippen molar-refractivity contribution >= 4 is 5.69 Å². The summed E-state index contributed by atoms with van der Waals surface area (Å²) in [7, 11) is 0. The van der Waals surface area contributed by atoms with Crippen LogP contribution in [-0.4, -0.2) is 16.8 Å². The Morgan fingerprint density at radius 2 is 2.23 bits per heavy atom. The monoisotopic (exact) mass is 183 g/mol. The highest BCUT2D eigenvalue weighted by atomic mass is 16.6. The molecule has 1 unspecified atom stereocenters. The first-order valence-electron chi connectivity index (χ1n) is 4.03. The summed E-state index contributed by atoms with van der Waals surface area (Å²) in [5, 5.41) is 18.6. The average Bonchev–Trinajstić information content (AvgIpc) is 2.10. The van der Waals surface area contributed by atoms with Crippen molar-refractivity contribution in [2.24, 2.45) is 0 Å². The van der Waals surface area contributed by atoms with Crippen molar-refractivity contribution in [2.45, 2.75) is 13.2 Å². The zero-order valence-electron chi connectivity index (χ0n) is 7.40. The smallest absolute Gasteiger partial charge is 0.183 e. The van der Waals surface area contributed by atoms with Crippen LogP contribution in [-0.2, 0) is 4.74 Å². The minimum Gasteiger partial charge on any atom is -0.506 e. The first kappa shape index (κ1) is 9.83. The molecule has 0 aliphatic carbocycles. The summed E-state index contributed by atoms with van der Waals surface area (Å²) in [6.45, 7) is 2.15. The van der Waals surface area contributed by atoms with Crippen LogP contribution in [0.25, 0.3) is 0 Å². The van der Waals surface area contributed by atoms with Crippen molar-refractivity contribution in [2.75, 3.05) is 12.3 Å². The van der Waals surface area contributed by atoms with Crippen LogP contribution >= 0.6 is 0 Å². The Kier molecular flexibility index (Phi) is 3.11. The van der Waals surface area contributed by atoms with Crippen LogP contribution in [0.3, 0.4) is 0 Å². The van der Waals surface area contributed by atoms with Gasteiger partial charge in [-0.1, -0.05) is 12.1 Å². The summed E-state index contributed by atoms with van der Waals surface area (Å²) in [5.74, 6) is -0.0451. The maximum atomic E-state index is 9.41. The molecule has 4 N–H and O–H groups in total. The van der Waals surface area contributed by atoms with Crippen molar-refractivity contribution in [3.8, 4) is 5.75 Å². The fourth-order valence-electron chi connectivity index (χ4n) is 1.03. The summed E-state index contributed by atoms with van der Waals surface area (Å²) in [6.07, 6.45) is -1.07. The molecule has 1 atom stereocenters. The lowest BCUT2D eigenvalue weighted by molar-refractivity contribution is -0.0975. The van der Waals surface area contributed by atoms with Crippen LogP contribution in [0.15, 0.2) is 18.2 Å². The first-order chi connectivity index (χ1) is 6.16. The van der Waals surface area contributed by atoms with Gasteiger partial charge in [-0.2, -0.15) is 0 Å². The number of nitrogen functional groups attached to an aromatic ring is 1. The molecule has 0 fully saturated rings. The van der Waals surface area contributed by atoms with Crippen LogP contribution < -0.4 is 5.73 Å². The number of aromatic hydroxyl groups is 1. The minimum absolute atomic E-state index is 0.0451. The number of phenolic OH excluding ortho intramolecular Hbond substituents is 1. The van der Waals surface area contributed by atoms with Crippen molar-refractivity contribution in [1.29, 1.82) is 0 Å². The van der Waals surface area contributed by atoms with E-state index in [4.69, 9.17) is 10.5 Å². The lowest BCUT2D eigenvalue weighted by Crippen LogP contribution is -2.06. The van der Waals surface area contributed by atoms with Gasteiger partial charge in [-0.25, -0.2) is 0 Å². The molecule has 1 rings (SSSR count). The third-order valence-corrected chi connectivity index (χ3v) is 1.71. The second kappa shape index (κ2) is 4.11. The Bertz CT molecular complexity index is 288. The molecule has 4 heteroatoms. The van der Waals surface area contributed by atoms with Crippen LogP contribution in [0.5, 0.6) is 5.75 Å². The van der Waals surface area contributed by atoms with Crippen molar-refractivity contribution < 1.29 is 14.9 Å². The van der Waals surface area contributed by atoms with E-state index < -0.39 is 6.29 Å². The zero-order chi connectivity index (χ0) is 9.84. The predicted octanol–water partition coefficient (Wildman–Crippen LogP) is 1.00. The van der Waals surface area contributed by atoms with Gasteiger partial charge >= 0.3 is 0 Å². The Morgan fingerprint density at radius 3 is 2.85 bits per heavy atom. The van der Waals surface area contributed by atoms with E-state index in [1.54, 1.807) is 19.1 Å². The summed E-state index contributed by atoms with van der Waals surface area (Å²) < 4.78 is 4.93. The van der Waals surface area contributed by atoms with E-state index in [1.807, 2.05) is 0 Å². The number of nitrogens with two attached hydrogens (primary N) is 1. The SMILES string of the molecule is CCOC(O)c1cccc(O)c1N. The van der Waals surface area contributed by atoms with E-state index in [1.165, 1.54) is 6.07 Å². The van der Waals surface area contributed by atoms with Gasteiger partial charge < -0.3 is 20.7 Å². The number of hydrogen-bond donors (Lipinski definition) is 3. The van der Waals surface area contributed by atoms with Gasteiger partial charge in [-0.15, -0.1) is 0 Å². The molecular weight excluding hydrogens is 170 g/mol. The normalized spacial score (nSPS) is 12.8. The molecule has 0 amide bonds. The molecule has 0 heterocycles. The number of para-hydroxylation sites is 1. The van der Waals surface area contributed by atoms with Crippen molar-refractivity contribution in [3.05, 3.63) is 23.8 Å². The van der Waals surface area contributed by atoms with E-state index in [0.717, 1.165) is 0 Å². The Balaban J connectivity index is 2.93. The van der Waals surface area contributed by atoms with E-state index >= 15 is 0 Å². The maximum Gasteiger partial charge on any atom is 0.183 e. The number of phenols is 1. The predicted molar refractivity (Wildman–Crippen MR) is 49.1 cm³/mol. The molecule has 72 valence electrons. The molecule has 0 radical (unpaired) electrons. The largest absolute Gasteiger partial charge is 0.506 e. The van der Waals surface area contributed by atoms with Crippen LogP contribution in [0.1, 0.15) is 18.8 Å². The van der Waals surface area contributed by atoms with Gasteiger partial charge in [0, 0.05) is 12.2 Å². The zero-order valence-corrected chi connectivity index (χ0v) is 7.40. The highest BCUT2D eigenvalue weighted by Crippen LogP contribution is 2.28. The minimum atomic E-state index is -1.07.